The fourth-order valence-corrected chi connectivity index (χ4v) is 2.20. The molecule has 1 atom stereocenters. The third-order valence-electron chi connectivity index (χ3n) is 3.49. The van der Waals surface area contributed by atoms with Gasteiger partial charge in [-0.2, -0.15) is 0 Å². The number of hydrogen-bond donors (Lipinski definition) is 2. The molecule has 1 aliphatic heterocycles. The molecule has 0 aromatic carbocycles. The van der Waals surface area contributed by atoms with Gasteiger partial charge in [0, 0.05) is 26.2 Å². The molecule has 1 saturated heterocycles. The second kappa shape index (κ2) is 7.99. The molecule has 0 bridgehead atoms. The summed E-state index contributed by atoms with van der Waals surface area (Å²) in [7, 11) is 0. The number of aliphatic carboxylic acids is 1. The second-order valence-electron chi connectivity index (χ2n) is 5.06. The molecule has 6 heteroatoms. The fourth-order valence-electron chi connectivity index (χ4n) is 2.20. The van der Waals surface area contributed by atoms with Crippen LogP contribution in [0.5, 0.6) is 0 Å². The number of hydrogen-bond acceptors (Lipinski definition) is 3. The van der Waals surface area contributed by atoms with E-state index >= 15 is 0 Å². The van der Waals surface area contributed by atoms with Crippen LogP contribution in [0.3, 0.4) is 0 Å². The molecular formula is C13H25N3O3. The zero-order valence-corrected chi connectivity index (χ0v) is 11.9. The molecule has 1 aliphatic rings. The first-order chi connectivity index (χ1) is 9.04. The molecule has 1 unspecified atom stereocenters. The second-order valence-corrected chi connectivity index (χ2v) is 5.06. The Morgan fingerprint density at radius 2 is 2.00 bits per heavy atom. The van der Waals surface area contributed by atoms with Crippen LogP contribution in [-0.4, -0.2) is 66.2 Å². The molecule has 6 nitrogen and oxygen atoms in total. The lowest BCUT2D eigenvalue weighted by Crippen LogP contribution is -2.45. The van der Waals surface area contributed by atoms with Crippen LogP contribution in [0.2, 0.25) is 0 Å². The molecular weight excluding hydrogens is 246 g/mol. The largest absolute Gasteiger partial charge is 0.481 e. The topological polar surface area (TPSA) is 72.9 Å². The van der Waals surface area contributed by atoms with Crippen LogP contribution in [0.4, 0.5) is 4.79 Å². The van der Waals surface area contributed by atoms with Gasteiger partial charge >= 0.3 is 12.0 Å². The molecule has 0 aromatic rings. The smallest absolute Gasteiger partial charge is 0.317 e. The Kier molecular flexibility index (Phi) is 6.62. The Hall–Kier alpha value is -1.30. The van der Waals surface area contributed by atoms with Gasteiger partial charge in [0.2, 0.25) is 0 Å². The Balaban J connectivity index is 2.26. The van der Waals surface area contributed by atoms with Crippen molar-refractivity contribution in [2.24, 2.45) is 5.92 Å². The Morgan fingerprint density at radius 1 is 1.37 bits per heavy atom. The molecule has 110 valence electrons. The van der Waals surface area contributed by atoms with E-state index in [4.69, 9.17) is 5.11 Å². The predicted molar refractivity (Wildman–Crippen MR) is 73.1 cm³/mol. The molecule has 0 spiro atoms. The summed E-state index contributed by atoms with van der Waals surface area (Å²) in [5.74, 6) is -1.41. The maximum Gasteiger partial charge on any atom is 0.317 e. The Morgan fingerprint density at radius 3 is 2.53 bits per heavy atom. The third kappa shape index (κ3) is 5.46. The van der Waals surface area contributed by atoms with E-state index < -0.39 is 11.9 Å². The molecule has 0 aliphatic carbocycles. The van der Waals surface area contributed by atoms with Crippen molar-refractivity contribution in [1.82, 2.24) is 15.1 Å². The van der Waals surface area contributed by atoms with Crippen molar-refractivity contribution < 1.29 is 14.7 Å². The van der Waals surface area contributed by atoms with E-state index in [-0.39, 0.29) is 12.6 Å². The highest BCUT2D eigenvalue weighted by Gasteiger charge is 2.19. The minimum Gasteiger partial charge on any atom is -0.481 e. The molecule has 1 fully saturated rings. The van der Waals surface area contributed by atoms with E-state index in [0.29, 0.717) is 13.1 Å². The zero-order valence-electron chi connectivity index (χ0n) is 11.9. The summed E-state index contributed by atoms with van der Waals surface area (Å²) in [5.41, 5.74) is 0. The van der Waals surface area contributed by atoms with Gasteiger partial charge in [-0.05, 0) is 32.9 Å². The van der Waals surface area contributed by atoms with Crippen LogP contribution in [0.25, 0.3) is 0 Å². The van der Waals surface area contributed by atoms with E-state index in [0.717, 1.165) is 19.6 Å². The number of nitrogens with one attached hydrogen (secondary N) is 1. The van der Waals surface area contributed by atoms with Crippen LogP contribution < -0.4 is 5.32 Å². The maximum absolute atomic E-state index is 11.9. The van der Waals surface area contributed by atoms with Crippen molar-refractivity contribution in [2.45, 2.75) is 26.7 Å². The maximum atomic E-state index is 11.9. The lowest BCUT2D eigenvalue weighted by Gasteiger charge is -2.24. The number of rotatable bonds is 7. The van der Waals surface area contributed by atoms with Crippen molar-refractivity contribution in [3.05, 3.63) is 0 Å². The minimum absolute atomic E-state index is 0.171. The number of carboxylic acids is 1. The van der Waals surface area contributed by atoms with E-state index in [1.165, 1.54) is 12.8 Å². The average molecular weight is 271 g/mol. The van der Waals surface area contributed by atoms with Gasteiger partial charge in [0.1, 0.15) is 0 Å². The molecule has 2 N–H and O–H groups in total. The van der Waals surface area contributed by atoms with Crippen molar-refractivity contribution in [1.29, 1.82) is 0 Å². The van der Waals surface area contributed by atoms with Gasteiger partial charge in [0.15, 0.2) is 0 Å². The number of carbonyl (C=O) groups is 2. The van der Waals surface area contributed by atoms with Crippen molar-refractivity contribution in [3.63, 3.8) is 0 Å². The van der Waals surface area contributed by atoms with E-state index in [1.807, 2.05) is 6.92 Å². The lowest BCUT2D eigenvalue weighted by molar-refractivity contribution is -0.141. The highest BCUT2D eigenvalue weighted by atomic mass is 16.4. The summed E-state index contributed by atoms with van der Waals surface area (Å²) >= 11 is 0. The number of carboxylic acid groups (broad SMARTS) is 1. The van der Waals surface area contributed by atoms with E-state index in [9.17, 15) is 9.59 Å². The summed E-state index contributed by atoms with van der Waals surface area (Å²) in [6.45, 7) is 7.97. The fraction of sp³-hybridized carbons (Fsp3) is 0.846. The van der Waals surface area contributed by atoms with Crippen molar-refractivity contribution in [2.75, 3.05) is 39.3 Å². The lowest BCUT2D eigenvalue weighted by atomic mass is 10.2. The third-order valence-corrected chi connectivity index (χ3v) is 3.49. The van der Waals surface area contributed by atoms with E-state index in [2.05, 4.69) is 10.2 Å². The van der Waals surface area contributed by atoms with Gasteiger partial charge in [0.25, 0.3) is 0 Å². The van der Waals surface area contributed by atoms with Crippen molar-refractivity contribution in [3.8, 4) is 0 Å². The van der Waals surface area contributed by atoms with Gasteiger partial charge in [-0.1, -0.05) is 6.92 Å². The van der Waals surface area contributed by atoms with Gasteiger partial charge in [0.05, 0.1) is 5.92 Å². The zero-order chi connectivity index (χ0) is 14.3. The predicted octanol–water partition coefficient (Wildman–Crippen LogP) is 0.834. The minimum atomic E-state index is -0.872. The van der Waals surface area contributed by atoms with Gasteiger partial charge in [-0.15, -0.1) is 0 Å². The summed E-state index contributed by atoms with van der Waals surface area (Å²) in [4.78, 5) is 26.6. The summed E-state index contributed by atoms with van der Waals surface area (Å²) in [6.07, 6.45) is 2.48. The van der Waals surface area contributed by atoms with Crippen LogP contribution >= 0.6 is 0 Å². The average Bonchev–Trinajstić information content (AvgIpc) is 2.88. The van der Waals surface area contributed by atoms with Crippen LogP contribution in [-0.2, 0) is 4.79 Å². The Bertz CT molecular complexity index is 304. The first-order valence-electron chi connectivity index (χ1n) is 7.02. The van der Waals surface area contributed by atoms with E-state index in [1.54, 1.807) is 11.8 Å². The van der Waals surface area contributed by atoms with Gasteiger partial charge in [-0.3, -0.25) is 4.79 Å². The summed E-state index contributed by atoms with van der Waals surface area (Å²) in [6, 6.07) is -0.171. The molecule has 0 radical (unpaired) electrons. The first kappa shape index (κ1) is 15.8. The monoisotopic (exact) mass is 271 g/mol. The quantitative estimate of drug-likeness (QED) is 0.719. The van der Waals surface area contributed by atoms with Crippen LogP contribution in [0.1, 0.15) is 26.7 Å². The number of likely N-dealkylation sites (tertiary alicyclic amines) is 1. The SMILES string of the molecule is CCN(CC(C)C(=O)O)C(=O)NCCN1CCCC1. The summed E-state index contributed by atoms with van der Waals surface area (Å²) < 4.78 is 0. The van der Waals surface area contributed by atoms with Gasteiger partial charge < -0.3 is 20.2 Å². The number of amides is 2. The standard InChI is InChI=1S/C13H25N3O3/c1-3-16(10-11(2)12(17)18)13(19)14-6-9-15-7-4-5-8-15/h11H,3-10H2,1-2H3,(H,14,19)(H,17,18). The molecule has 2 amide bonds. The number of urea groups is 1. The molecule has 1 rings (SSSR count). The van der Waals surface area contributed by atoms with Crippen LogP contribution in [0, 0.1) is 5.92 Å². The molecule has 1 heterocycles. The Labute approximate surface area is 114 Å². The van der Waals surface area contributed by atoms with Crippen molar-refractivity contribution >= 4 is 12.0 Å². The number of nitrogens with zero attached hydrogens (tertiary/aromatic N) is 2. The molecule has 19 heavy (non-hydrogen) atoms. The molecule has 0 saturated carbocycles. The van der Waals surface area contributed by atoms with Crippen LogP contribution in [0.15, 0.2) is 0 Å². The number of carbonyl (C=O) groups excluding carboxylic acids is 1. The highest BCUT2D eigenvalue weighted by molar-refractivity contribution is 5.75. The first-order valence-corrected chi connectivity index (χ1v) is 7.02. The highest BCUT2D eigenvalue weighted by Crippen LogP contribution is 2.05. The normalized spacial score (nSPS) is 17.2. The van der Waals surface area contributed by atoms with Gasteiger partial charge in [-0.25, -0.2) is 4.79 Å². The summed E-state index contributed by atoms with van der Waals surface area (Å²) in [5, 5.41) is 11.7. The molecule has 0 aromatic heterocycles.